The molecular formula is C29H31FN4OS. The van der Waals surface area contributed by atoms with Crippen LogP contribution >= 0.6 is 11.8 Å². The van der Waals surface area contributed by atoms with Crippen LogP contribution in [0.1, 0.15) is 54.6 Å². The highest BCUT2D eigenvalue weighted by molar-refractivity contribution is 7.98. The number of hydrogen-bond donors (Lipinski definition) is 1. The Morgan fingerprint density at radius 2 is 1.92 bits per heavy atom. The fourth-order valence-corrected chi connectivity index (χ4v) is 5.95. The number of carbonyl (C=O) groups excluding carboxylic acids is 1. The molecule has 0 bridgehead atoms. The lowest BCUT2D eigenvalue weighted by atomic mass is 9.78. The lowest BCUT2D eigenvalue weighted by Gasteiger charge is -2.34. The summed E-state index contributed by atoms with van der Waals surface area (Å²) in [5.74, 6) is 1.40. The normalized spacial score (nSPS) is 19.9. The molecule has 0 spiro atoms. The summed E-state index contributed by atoms with van der Waals surface area (Å²) in [6, 6.07) is 16.7. The first-order valence-corrected chi connectivity index (χ1v) is 13.5. The van der Waals surface area contributed by atoms with Crippen LogP contribution in [-0.2, 0) is 12.3 Å². The number of fused-ring (bicyclic) bond motifs is 1. The average molecular weight is 503 g/mol. The van der Waals surface area contributed by atoms with Gasteiger partial charge >= 0.3 is 0 Å². The van der Waals surface area contributed by atoms with Crippen LogP contribution in [0, 0.1) is 17.7 Å². The molecule has 7 heteroatoms. The van der Waals surface area contributed by atoms with Gasteiger partial charge in [0.05, 0.1) is 23.8 Å². The minimum Gasteiger partial charge on any atom is -0.349 e. The van der Waals surface area contributed by atoms with E-state index in [0.29, 0.717) is 35.3 Å². The summed E-state index contributed by atoms with van der Waals surface area (Å²) in [5, 5.41) is 4.06. The minimum absolute atomic E-state index is 0.00841. The highest BCUT2D eigenvalue weighted by Gasteiger charge is 2.28. The third-order valence-corrected chi connectivity index (χ3v) is 8.44. The first kappa shape index (κ1) is 24.5. The molecule has 1 amide bonds. The number of pyridine rings is 1. The van der Waals surface area contributed by atoms with Gasteiger partial charge in [-0.1, -0.05) is 68.8 Å². The van der Waals surface area contributed by atoms with Gasteiger partial charge in [0.1, 0.15) is 5.82 Å². The number of imidazole rings is 1. The van der Waals surface area contributed by atoms with Gasteiger partial charge in [-0.15, -0.1) is 0 Å². The van der Waals surface area contributed by atoms with Crippen LogP contribution in [0.4, 0.5) is 4.39 Å². The maximum atomic E-state index is 14.2. The van der Waals surface area contributed by atoms with Gasteiger partial charge in [0.25, 0.3) is 5.91 Å². The topological polar surface area (TPSA) is 59.8 Å². The largest absolute Gasteiger partial charge is 0.349 e. The number of aromatic nitrogens is 3. The monoisotopic (exact) mass is 502 g/mol. The number of amides is 1. The molecule has 1 aliphatic carbocycles. The maximum absolute atomic E-state index is 14.2. The van der Waals surface area contributed by atoms with Crippen molar-refractivity contribution in [3.63, 3.8) is 0 Å². The predicted octanol–water partition coefficient (Wildman–Crippen LogP) is 6.47. The Bertz CT molecular complexity index is 1350. The van der Waals surface area contributed by atoms with Crippen molar-refractivity contribution in [1.82, 2.24) is 19.9 Å². The second-order valence-electron chi connectivity index (χ2n) is 9.77. The Morgan fingerprint density at radius 1 is 1.11 bits per heavy atom. The Labute approximate surface area is 215 Å². The number of thioether (sulfide) groups is 1. The van der Waals surface area contributed by atoms with Gasteiger partial charge in [-0.3, -0.25) is 9.78 Å². The third-order valence-electron chi connectivity index (χ3n) is 7.41. The number of nitrogens with one attached hydrogen (secondary N) is 1. The van der Waals surface area contributed by atoms with Gasteiger partial charge in [0.15, 0.2) is 5.16 Å². The predicted molar refractivity (Wildman–Crippen MR) is 142 cm³/mol. The van der Waals surface area contributed by atoms with Crippen LogP contribution in [0.5, 0.6) is 0 Å². The molecule has 2 heterocycles. The Morgan fingerprint density at radius 3 is 2.72 bits per heavy atom. The molecule has 1 N–H and O–H groups in total. The van der Waals surface area contributed by atoms with Gasteiger partial charge in [0.2, 0.25) is 0 Å². The summed E-state index contributed by atoms with van der Waals surface area (Å²) in [6.45, 7) is 5.10. The van der Waals surface area contributed by atoms with E-state index in [1.807, 2.05) is 42.6 Å². The third kappa shape index (κ3) is 5.31. The van der Waals surface area contributed by atoms with Crippen LogP contribution in [0.2, 0.25) is 0 Å². The van der Waals surface area contributed by atoms with E-state index in [-0.39, 0.29) is 17.8 Å². The molecule has 4 aromatic rings. The number of carbonyl (C=O) groups is 1. The molecule has 2 aromatic carbocycles. The average Bonchev–Trinajstić information content (AvgIpc) is 3.24. The SMILES string of the molecule is CC1CCCC(NC(=O)c2ccc(Cn3c(SCc4ccccc4F)nc4ccncc43)cc2)C1C. The smallest absolute Gasteiger partial charge is 0.251 e. The van der Waals surface area contributed by atoms with Gasteiger partial charge in [-0.2, -0.15) is 0 Å². The Kier molecular flexibility index (Phi) is 7.37. The number of halogens is 1. The van der Waals surface area contributed by atoms with Gasteiger partial charge in [-0.05, 0) is 53.6 Å². The number of nitrogens with zero attached hydrogens (tertiary/aromatic N) is 3. The number of benzene rings is 2. The molecule has 1 fully saturated rings. The van der Waals surface area contributed by atoms with Crippen molar-refractivity contribution in [1.29, 1.82) is 0 Å². The summed E-state index contributed by atoms with van der Waals surface area (Å²) in [5.41, 5.74) is 4.16. The van der Waals surface area contributed by atoms with Gasteiger partial charge < -0.3 is 9.88 Å². The van der Waals surface area contributed by atoms with E-state index in [1.54, 1.807) is 18.3 Å². The van der Waals surface area contributed by atoms with Gasteiger partial charge in [-0.25, -0.2) is 9.37 Å². The lowest BCUT2D eigenvalue weighted by Crippen LogP contribution is -2.43. The molecule has 5 nitrogen and oxygen atoms in total. The first-order valence-electron chi connectivity index (χ1n) is 12.6. The van der Waals surface area contributed by atoms with Crippen molar-refractivity contribution < 1.29 is 9.18 Å². The molecule has 36 heavy (non-hydrogen) atoms. The van der Waals surface area contributed by atoms with Crippen molar-refractivity contribution >= 4 is 28.7 Å². The lowest BCUT2D eigenvalue weighted by molar-refractivity contribution is 0.0891. The quantitative estimate of drug-likeness (QED) is 0.295. The molecule has 2 aromatic heterocycles. The van der Waals surface area contributed by atoms with E-state index in [4.69, 9.17) is 4.98 Å². The molecule has 186 valence electrons. The maximum Gasteiger partial charge on any atom is 0.251 e. The van der Waals surface area contributed by atoms with Crippen molar-refractivity contribution in [3.8, 4) is 0 Å². The molecule has 5 rings (SSSR count). The van der Waals surface area contributed by atoms with E-state index in [2.05, 4.69) is 28.7 Å². The molecule has 3 unspecified atom stereocenters. The van der Waals surface area contributed by atoms with E-state index in [1.165, 1.54) is 30.7 Å². The molecule has 1 saturated carbocycles. The fourth-order valence-electron chi connectivity index (χ4n) is 4.95. The van der Waals surface area contributed by atoms with Gasteiger partial charge in [0, 0.05) is 23.6 Å². The van der Waals surface area contributed by atoms with Crippen LogP contribution in [0.3, 0.4) is 0 Å². The first-order chi connectivity index (χ1) is 17.5. The summed E-state index contributed by atoms with van der Waals surface area (Å²) >= 11 is 1.51. The zero-order valence-corrected chi connectivity index (χ0v) is 21.5. The Hall–Kier alpha value is -3.19. The zero-order chi connectivity index (χ0) is 25.1. The summed E-state index contributed by atoms with van der Waals surface area (Å²) in [4.78, 5) is 22.0. The second-order valence-corrected chi connectivity index (χ2v) is 10.7. The number of rotatable bonds is 7. The summed E-state index contributed by atoms with van der Waals surface area (Å²) in [7, 11) is 0. The molecule has 1 aliphatic rings. The van der Waals surface area contributed by atoms with Crippen LogP contribution < -0.4 is 5.32 Å². The molecule has 0 radical (unpaired) electrons. The molecule has 0 aliphatic heterocycles. The van der Waals surface area contributed by atoms with Crippen LogP contribution in [0.15, 0.2) is 72.1 Å². The fraction of sp³-hybridized carbons (Fsp3) is 0.345. The standard InChI is InChI=1S/C29H31FN4OS/c1-19-6-5-9-25(20(19)2)32-28(35)22-12-10-21(11-13-22)17-34-27-16-31-15-14-26(27)33-29(34)36-18-23-7-3-4-8-24(23)30/h3-4,7-8,10-16,19-20,25H,5-6,9,17-18H2,1-2H3,(H,32,35). The van der Waals surface area contributed by atoms with E-state index in [9.17, 15) is 9.18 Å². The Balaban J connectivity index is 1.32. The molecular weight excluding hydrogens is 471 g/mol. The summed E-state index contributed by atoms with van der Waals surface area (Å²) in [6.07, 6.45) is 6.99. The van der Waals surface area contributed by atoms with Crippen LogP contribution in [-0.4, -0.2) is 26.5 Å². The van der Waals surface area contributed by atoms with Crippen molar-refractivity contribution in [2.24, 2.45) is 11.8 Å². The number of hydrogen-bond acceptors (Lipinski definition) is 4. The highest BCUT2D eigenvalue weighted by atomic mass is 32.2. The van der Waals surface area contributed by atoms with E-state index >= 15 is 0 Å². The summed E-state index contributed by atoms with van der Waals surface area (Å²) < 4.78 is 16.3. The van der Waals surface area contributed by atoms with E-state index < -0.39 is 0 Å². The molecule has 3 atom stereocenters. The van der Waals surface area contributed by atoms with Crippen LogP contribution in [0.25, 0.3) is 11.0 Å². The van der Waals surface area contributed by atoms with E-state index in [0.717, 1.165) is 28.2 Å². The highest BCUT2D eigenvalue weighted by Crippen LogP contribution is 2.30. The second kappa shape index (κ2) is 10.8. The van der Waals surface area contributed by atoms with Crippen molar-refractivity contribution in [2.45, 2.75) is 56.6 Å². The zero-order valence-electron chi connectivity index (χ0n) is 20.7. The van der Waals surface area contributed by atoms with Crippen molar-refractivity contribution in [3.05, 3.63) is 89.5 Å². The minimum atomic E-state index is -0.208. The molecule has 0 saturated heterocycles. The van der Waals surface area contributed by atoms with Crippen molar-refractivity contribution in [2.75, 3.05) is 0 Å².